The Kier molecular flexibility index (Phi) is 6.13. The van der Waals surface area contributed by atoms with Gasteiger partial charge in [-0.1, -0.05) is 47.5 Å². The monoisotopic (exact) mass is 415 g/mol. The predicted octanol–water partition coefficient (Wildman–Crippen LogP) is 5.83. The quantitative estimate of drug-likeness (QED) is 0.391. The van der Waals surface area contributed by atoms with Crippen molar-refractivity contribution in [1.82, 2.24) is 0 Å². The number of nitro benzene ring substituents is 1. The van der Waals surface area contributed by atoms with E-state index in [2.05, 4.69) is 10.6 Å². The second-order valence-electron chi connectivity index (χ2n) is 5.91. The summed E-state index contributed by atoms with van der Waals surface area (Å²) in [6.45, 7) is 0. The minimum atomic E-state index is -0.493. The van der Waals surface area contributed by atoms with Gasteiger partial charge < -0.3 is 10.6 Å². The van der Waals surface area contributed by atoms with Crippen molar-refractivity contribution in [3.8, 4) is 0 Å². The molecule has 0 radical (unpaired) electrons. The normalized spacial score (nSPS) is 10.4. The number of amides is 1. The Balaban J connectivity index is 1.74. The fourth-order valence-corrected chi connectivity index (χ4v) is 3.08. The summed E-state index contributed by atoms with van der Waals surface area (Å²) in [4.78, 5) is 22.6. The molecule has 0 aliphatic rings. The number of para-hydroxylation sites is 2. The molecule has 1 amide bonds. The van der Waals surface area contributed by atoms with E-state index in [9.17, 15) is 14.9 Å². The molecule has 0 fully saturated rings. The van der Waals surface area contributed by atoms with E-state index in [1.165, 1.54) is 24.3 Å². The van der Waals surface area contributed by atoms with Crippen molar-refractivity contribution < 1.29 is 9.72 Å². The summed E-state index contributed by atoms with van der Waals surface area (Å²) in [5.74, 6) is -0.256. The van der Waals surface area contributed by atoms with E-state index in [-0.39, 0.29) is 18.0 Å². The van der Waals surface area contributed by atoms with E-state index >= 15 is 0 Å². The SMILES string of the molecule is O=C(Cc1ccccc1Nc1c(Cl)cccc1Cl)Nc1ccc([N+](=O)[O-])cc1. The summed E-state index contributed by atoms with van der Waals surface area (Å²) in [6, 6.07) is 18.2. The van der Waals surface area contributed by atoms with Crippen LogP contribution in [0.15, 0.2) is 66.7 Å². The predicted molar refractivity (Wildman–Crippen MR) is 112 cm³/mol. The molecule has 3 aromatic carbocycles. The first-order valence-corrected chi connectivity index (χ1v) is 9.03. The molecule has 0 spiro atoms. The average Bonchev–Trinajstić information content (AvgIpc) is 2.66. The lowest BCUT2D eigenvalue weighted by molar-refractivity contribution is -0.384. The summed E-state index contributed by atoms with van der Waals surface area (Å²) >= 11 is 12.4. The van der Waals surface area contributed by atoms with Crippen LogP contribution in [-0.2, 0) is 11.2 Å². The molecule has 3 rings (SSSR count). The lowest BCUT2D eigenvalue weighted by atomic mass is 10.1. The van der Waals surface area contributed by atoms with Gasteiger partial charge in [-0.05, 0) is 35.9 Å². The molecule has 3 aromatic rings. The molecule has 0 atom stereocenters. The second kappa shape index (κ2) is 8.73. The zero-order valence-corrected chi connectivity index (χ0v) is 16.0. The highest BCUT2D eigenvalue weighted by Crippen LogP contribution is 2.33. The smallest absolute Gasteiger partial charge is 0.269 e. The topological polar surface area (TPSA) is 84.3 Å². The third kappa shape index (κ3) is 4.79. The number of nitrogens with one attached hydrogen (secondary N) is 2. The van der Waals surface area contributed by atoms with Gasteiger partial charge in [0.1, 0.15) is 0 Å². The van der Waals surface area contributed by atoms with Gasteiger partial charge in [-0.15, -0.1) is 0 Å². The van der Waals surface area contributed by atoms with E-state index in [4.69, 9.17) is 23.2 Å². The third-order valence-electron chi connectivity index (χ3n) is 3.95. The summed E-state index contributed by atoms with van der Waals surface area (Å²) in [5.41, 5.74) is 2.46. The first-order valence-electron chi connectivity index (χ1n) is 8.27. The Labute approximate surface area is 171 Å². The molecule has 28 heavy (non-hydrogen) atoms. The zero-order chi connectivity index (χ0) is 20.1. The second-order valence-corrected chi connectivity index (χ2v) is 6.72. The maximum absolute atomic E-state index is 12.4. The highest BCUT2D eigenvalue weighted by Gasteiger charge is 2.12. The fraction of sp³-hybridized carbons (Fsp3) is 0.0500. The van der Waals surface area contributed by atoms with Crippen LogP contribution < -0.4 is 10.6 Å². The Bertz CT molecular complexity index is 1000. The van der Waals surface area contributed by atoms with E-state index in [0.717, 1.165) is 5.56 Å². The van der Waals surface area contributed by atoms with Crippen LogP contribution in [-0.4, -0.2) is 10.8 Å². The Morgan fingerprint density at radius 1 is 0.929 bits per heavy atom. The molecule has 0 aromatic heterocycles. The van der Waals surface area contributed by atoms with Crippen molar-refractivity contribution in [3.63, 3.8) is 0 Å². The number of carbonyl (C=O) groups excluding carboxylic acids is 1. The Hall–Kier alpha value is -3.09. The van der Waals surface area contributed by atoms with Gasteiger partial charge in [-0.25, -0.2) is 0 Å². The number of halogens is 2. The van der Waals surface area contributed by atoms with Crippen molar-refractivity contribution in [1.29, 1.82) is 0 Å². The molecule has 0 aliphatic heterocycles. The first-order chi connectivity index (χ1) is 13.4. The molecule has 6 nitrogen and oxygen atoms in total. The number of anilines is 3. The van der Waals surface area contributed by atoms with Gasteiger partial charge in [0.25, 0.3) is 5.69 Å². The maximum Gasteiger partial charge on any atom is 0.269 e. The lowest BCUT2D eigenvalue weighted by Gasteiger charge is -2.14. The van der Waals surface area contributed by atoms with Crippen molar-refractivity contribution in [2.24, 2.45) is 0 Å². The van der Waals surface area contributed by atoms with E-state index in [1.807, 2.05) is 24.3 Å². The standard InChI is InChI=1S/C20H15Cl2N3O3/c21-16-5-3-6-17(22)20(16)24-18-7-2-1-4-13(18)12-19(26)23-14-8-10-15(11-9-14)25(27)28/h1-11,24H,12H2,(H,23,26). The maximum atomic E-state index is 12.4. The molecule has 142 valence electrons. The number of hydrogen-bond acceptors (Lipinski definition) is 4. The molecular weight excluding hydrogens is 401 g/mol. The van der Waals surface area contributed by atoms with Gasteiger partial charge in [0, 0.05) is 23.5 Å². The van der Waals surface area contributed by atoms with Gasteiger partial charge in [0.05, 0.1) is 27.1 Å². The summed E-state index contributed by atoms with van der Waals surface area (Å²) in [6.07, 6.45) is 0.0994. The van der Waals surface area contributed by atoms with Gasteiger partial charge >= 0.3 is 0 Å². The van der Waals surface area contributed by atoms with Crippen LogP contribution in [0.2, 0.25) is 10.0 Å². The summed E-state index contributed by atoms with van der Waals surface area (Å²) in [5, 5.41) is 17.6. The highest BCUT2D eigenvalue weighted by atomic mass is 35.5. The van der Waals surface area contributed by atoms with Crippen molar-refractivity contribution in [2.45, 2.75) is 6.42 Å². The van der Waals surface area contributed by atoms with Crippen LogP contribution in [0, 0.1) is 10.1 Å². The molecule has 2 N–H and O–H groups in total. The van der Waals surface area contributed by atoms with Crippen LogP contribution in [0.3, 0.4) is 0 Å². The van der Waals surface area contributed by atoms with Gasteiger partial charge in [0.2, 0.25) is 5.91 Å². The third-order valence-corrected chi connectivity index (χ3v) is 4.58. The summed E-state index contributed by atoms with van der Waals surface area (Å²) in [7, 11) is 0. The van der Waals surface area contributed by atoms with Crippen LogP contribution in [0.5, 0.6) is 0 Å². The molecule has 0 bridgehead atoms. The molecule has 0 unspecified atom stereocenters. The van der Waals surface area contributed by atoms with Crippen LogP contribution in [0.25, 0.3) is 0 Å². The largest absolute Gasteiger partial charge is 0.353 e. The number of rotatable bonds is 6. The Morgan fingerprint density at radius 2 is 1.57 bits per heavy atom. The average molecular weight is 416 g/mol. The van der Waals surface area contributed by atoms with Crippen LogP contribution in [0.1, 0.15) is 5.56 Å². The molecule has 0 aliphatic carbocycles. The lowest BCUT2D eigenvalue weighted by Crippen LogP contribution is -2.15. The minimum Gasteiger partial charge on any atom is -0.353 e. The van der Waals surface area contributed by atoms with Crippen molar-refractivity contribution in [3.05, 3.63) is 92.5 Å². The van der Waals surface area contributed by atoms with E-state index < -0.39 is 4.92 Å². The molecule has 0 saturated heterocycles. The van der Waals surface area contributed by atoms with Crippen LogP contribution in [0.4, 0.5) is 22.7 Å². The fourth-order valence-electron chi connectivity index (χ4n) is 2.59. The molecule has 0 heterocycles. The van der Waals surface area contributed by atoms with Gasteiger partial charge in [-0.3, -0.25) is 14.9 Å². The first kappa shape index (κ1) is 19.7. The minimum absolute atomic E-state index is 0.0378. The zero-order valence-electron chi connectivity index (χ0n) is 14.5. The number of benzene rings is 3. The number of non-ortho nitro benzene ring substituents is 1. The van der Waals surface area contributed by atoms with Crippen LogP contribution >= 0.6 is 23.2 Å². The van der Waals surface area contributed by atoms with Gasteiger partial charge in [-0.2, -0.15) is 0 Å². The Morgan fingerprint density at radius 3 is 2.21 bits per heavy atom. The highest BCUT2D eigenvalue weighted by molar-refractivity contribution is 6.39. The molecular formula is C20H15Cl2N3O3. The summed E-state index contributed by atoms with van der Waals surface area (Å²) < 4.78 is 0. The molecule has 0 saturated carbocycles. The van der Waals surface area contributed by atoms with E-state index in [0.29, 0.717) is 27.1 Å². The number of hydrogen-bond donors (Lipinski definition) is 2. The van der Waals surface area contributed by atoms with Crippen molar-refractivity contribution in [2.75, 3.05) is 10.6 Å². The molecule has 8 heteroatoms. The number of nitrogens with zero attached hydrogens (tertiary/aromatic N) is 1. The van der Waals surface area contributed by atoms with Gasteiger partial charge in [0.15, 0.2) is 0 Å². The number of carbonyl (C=O) groups is 1. The van der Waals surface area contributed by atoms with E-state index in [1.54, 1.807) is 18.2 Å². The number of nitro groups is 1. The van der Waals surface area contributed by atoms with Crippen molar-refractivity contribution >= 4 is 51.9 Å².